The molecule has 2 aromatic carbocycles. The summed E-state index contributed by atoms with van der Waals surface area (Å²) >= 11 is 0. The number of aryl methyl sites for hydroxylation is 1. The van der Waals surface area contributed by atoms with Crippen LogP contribution in [0.1, 0.15) is 29.9 Å². The van der Waals surface area contributed by atoms with E-state index in [1.165, 1.54) is 12.1 Å². The van der Waals surface area contributed by atoms with Crippen molar-refractivity contribution in [3.05, 3.63) is 59.4 Å². The van der Waals surface area contributed by atoms with Gasteiger partial charge in [-0.05, 0) is 60.2 Å². The minimum absolute atomic E-state index is 0.0329. The first-order valence-corrected chi connectivity index (χ1v) is 8.49. The van der Waals surface area contributed by atoms with Gasteiger partial charge in [-0.15, -0.1) is 0 Å². The molecule has 1 saturated carbocycles. The van der Waals surface area contributed by atoms with Gasteiger partial charge in [0.05, 0.1) is 0 Å². The molecule has 1 fully saturated rings. The van der Waals surface area contributed by atoms with Gasteiger partial charge < -0.3 is 10.2 Å². The Kier molecular flexibility index (Phi) is 3.79. The van der Waals surface area contributed by atoms with E-state index in [1.54, 1.807) is 18.0 Å². The molecule has 128 valence electrons. The molecular formula is C20H19FN2O2. The van der Waals surface area contributed by atoms with Gasteiger partial charge in [0.15, 0.2) is 0 Å². The number of amides is 2. The lowest BCUT2D eigenvalue weighted by Gasteiger charge is -2.26. The van der Waals surface area contributed by atoms with Crippen molar-refractivity contribution in [2.75, 3.05) is 17.3 Å². The Morgan fingerprint density at radius 3 is 2.84 bits per heavy atom. The average Bonchev–Trinajstić information content (AvgIpc) is 3.39. The molecule has 0 radical (unpaired) electrons. The SMILES string of the molecule is CN1C(=O)CCc2cc(NC(=O)[C@H]3C[C@H]3c3cccc(F)c3)ccc21. The number of carbonyl (C=O) groups excluding carboxylic acids is 2. The molecule has 0 saturated heterocycles. The van der Waals surface area contributed by atoms with Crippen molar-refractivity contribution in [3.63, 3.8) is 0 Å². The lowest BCUT2D eigenvalue weighted by Crippen LogP contribution is -2.31. The first kappa shape index (κ1) is 15.8. The molecule has 1 aliphatic carbocycles. The molecule has 1 heterocycles. The standard InChI is InChI=1S/C20H19FN2O2/c1-23-18-7-6-15(10-13(18)5-8-19(23)24)22-20(25)17-11-16(17)12-3-2-4-14(21)9-12/h2-4,6-7,9-10,16-17H,5,8,11H2,1H3,(H,22,25)/t16-,17-/m0/s1. The fraction of sp³-hybridized carbons (Fsp3) is 0.300. The van der Waals surface area contributed by atoms with E-state index in [-0.39, 0.29) is 29.5 Å². The quantitative estimate of drug-likeness (QED) is 0.931. The number of hydrogen-bond acceptors (Lipinski definition) is 2. The van der Waals surface area contributed by atoms with Gasteiger partial charge in [0.2, 0.25) is 11.8 Å². The number of nitrogens with zero attached hydrogens (tertiary/aromatic N) is 1. The van der Waals surface area contributed by atoms with E-state index in [4.69, 9.17) is 0 Å². The third kappa shape index (κ3) is 3.02. The molecule has 25 heavy (non-hydrogen) atoms. The lowest BCUT2D eigenvalue weighted by molar-refractivity contribution is -0.119. The van der Waals surface area contributed by atoms with Crippen LogP contribution in [0.25, 0.3) is 0 Å². The van der Waals surface area contributed by atoms with Crippen molar-refractivity contribution in [3.8, 4) is 0 Å². The van der Waals surface area contributed by atoms with Crippen LogP contribution in [0.4, 0.5) is 15.8 Å². The molecule has 2 aromatic rings. The van der Waals surface area contributed by atoms with E-state index in [9.17, 15) is 14.0 Å². The average molecular weight is 338 g/mol. The van der Waals surface area contributed by atoms with E-state index in [1.807, 2.05) is 24.3 Å². The molecule has 2 atom stereocenters. The summed E-state index contributed by atoms with van der Waals surface area (Å²) < 4.78 is 13.3. The molecule has 0 unspecified atom stereocenters. The normalized spacial score (nSPS) is 21.7. The summed E-state index contributed by atoms with van der Waals surface area (Å²) in [4.78, 5) is 25.9. The minimum Gasteiger partial charge on any atom is -0.326 e. The van der Waals surface area contributed by atoms with Gasteiger partial charge in [-0.1, -0.05) is 12.1 Å². The second-order valence-corrected chi connectivity index (χ2v) is 6.79. The summed E-state index contributed by atoms with van der Waals surface area (Å²) in [6.45, 7) is 0. The molecule has 4 nitrogen and oxygen atoms in total. The molecule has 1 aliphatic heterocycles. The van der Waals surface area contributed by atoms with Gasteiger partial charge in [-0.25, -0.2) is 4.39 Å². The zero-order chi connectivity index (χ0) is 17.6. The second-order valence-electron chi connectivity index (χ2n) is 6.79. The van der Waals surface area contributed by atoms with Crippen molar-refractivity contribution in [1.82, 2.24) is 0 Å². The molecular weight excluding hydrogens is 319 g/mol. The Morgan fingerprint density at radius 1 is 1.20 bits per heavy atom. The number of hydrogen-bond donors (Lipinski definition) is 1. The van der Waals surface area contributed by atoms with Crippen molar-refractivity contribution >= 4 is 23.2 Å². The van der Waals surface area contributed by atoms with Crippen LogP contribution in [-0.4, -0.2) is 18.9 Å². The number of rotatable bonds is 3. The van der Waals surface area contributed by atoms with Gasteiger partial charge in [-0.3, -0.25) is 9.59 Å². The van der Waals surface area contributed by atoms with Crippen LogP contribution in [-0.2, 0) is 16.0 Å². The summed E-state index contributed by atoms with van der Waals surface area (Å²) in [6, 6.07) is 12.1. The van der Waals surface area contributed by atoms with Crippen LogP contribution in [0, 0.1) is 11.7 Å². The summed E-state index contributed by atoms with van der Waals surface area (Å²) in [5.74, 6) is -0.203. The number of fused-ring (bicyclic) bond motifs is 1. The van der Waals surface area contributed by atoms with Crippen LogP contribution in [0.3, 0.4) is 0 Å². The molecule has 1 N–H and O–H groups in total. The number of halogens is 1. The lowest BCUT2D eigenvalue weighted by atomic mass is 10.0. The number of anilines is 2. The van der Waals surface area contributed by atoms with Crippen LogP contribution in [0.5, 0.6) is 0 Å². The predicted octanol–water partition coefficient (Wildman–Crippen LogP) is 3.48. The minimum atomic E-state index is -0.267. The van der Waals surface area contributed by atoms with E-state index in [2.05, 4.69) is 5.32 Å². The maximum Gasteiger partial charge on any atom is 0.228 e. The molecule has 5 heteroatoms. The third-order valence-electron chi connectivity index (χ3n) is 5.09. The predicted molar refractivity (Wildman–Crippen MR) is 94.1 cm³/mol. The molecule has 2 amide bonds. The number of carbonyl (C=O) groups is 2. The number of benzene rings is 2. The molecule has 0 spiro atoms. The Hall–Kier alpha value is -2.69. The Bertz CT molecular complexity index is 865. The zero-order valence-corrected chi connectivity index (χ0v) is 14.0. The maximum absolute atomic E-state index is 13.3. The van der Waals surface area contributed by atoms with Crippen molar-refractivity contribution in [2.24, 2.45) is 5.92 Å². The van der Waals surface area contributed by atoms with Crippen LogP contribution < -0.4 is 10.2 Å². The largest absolute Gasteiger partial charge is 0.326 e. The van der Waals surface area contributed by atoms with E-state index in [0.717, 1.165) is 28.9 Å². The van der Waals surface area contributed by atoms with Crippen molar-refractivity contribution in [1.29, 1.82) is 0 Å². The summed E-state index contributed by atoms with van der Waals surface area (Å²) in [6.07, 6.45) is 1.93. The van der Waals surface area contributed by atoms with Crippen molar-refractivity contribution < 1.29 is 14.0 Å². The van der Waals surface area contributed by atoms with Crippen molar-refractivity contribution in [2.45, 2.75) is 25.2 Å². The monoisotopic (exact) mass is 338 g/mol. The van der Waals surface area contributed by atoms with E-state index >= 15 is 0 Å². The van der Waals surface area contributed by atoms with Gasteiger partial charge in [0, 0.05) is 30.8 Å². The smallest absolute Gasteiger partial charge is 0.228 e. The summed E-state index contributed by atoms with van der Waals surface area (Å²) in [7, 11) is 1.77. The van der Waals surface area contributed by atoms with Crippen LogP contribution in [0.2, 0.25) is 0 Å². The van der Waals surface area contributed by atoms with Crippen LogP contribution >= 0.6 is 0 Å². The fourth-order valence-corrected chi connectivity index (χ4v) is 3.56. The Morgan fingerprint density at radius 2 is 2.04 bits per heavy atom. The first-order valence-electron chi connectivity index (χ1n) is 8.49. The first-order chi connectivity index (χ1) is 12.0. The molecule has 0 bridgehead atoms. The highest BCUT2D eigenvalue weighted by Crippen LogP contribution is 2.48. The van der Waals surface area contributed by atoms with Gasteiger partial charge in [-0.2, -0.15) is 0 Å². The topological polar surface area (TPSA) is 49.4 Å². The molecule has 0 aromatic heterocycles. The molecule has 4 rings (SSSR count). The highest BCUT2D eigenvalue weighted by molar-refractivity contribution is 5.98. The highest BCUT2D eigenvalue weighted by atomic mass is 19.1. The summed E-state index contributed by atoms with van der Waals surface area (Å²) in [5.41, 5.74) is 3.60. The third-order valence-corrected chi connectivity index (χ3v) is 5.09. The van der Waals surface area contributed by atoms with Gasteiger partial charge in [0.25, 0.3) is 0 Å². The fourth-order valence-electron chi connectivity index (χ4n) is 3.56. The summed E-state index contributed by atoms with van der Waals surface area (Å²) in [5, 5.41) is 2.96. The second kappa shape index (κ2) is 5.99. The highest BCUT2D eigenvalue weighted by Gasteiger charge is 2.44. The van der Waals surface area contributed by atoms with E-state index < -0.39 is 0 Å². The van der Waals surface area contributed by atoms with E-state index in [0.29, 0.717) is 12.8 Å². The number of nitrogens with one attached hydrogen (secondary N) is 1. The zero-order valence-electron chi connectivity index (χ0n) is 14.0. The van der Waals surface area contributed by atoms with Gasteiger partial charge in [0.1, 0.15) is 5.82 Å². The Labute approximate surface area is 145 Å². The van der Waals surface area contributed by atoms with Crippen LogP contribution in [0.15, 0.2) is 42.5 Å². The Balaban J connectivity index is 1.45. The van der Waals surface area contributed by atoms with Gasteiger partial charge >= 0.3 is 0 Å². The maximum atomic E-state index is 13.3. The molecule has 2 aliphatic rings.